The van der Waals surface area contributed by atoms with Gasteiger partial charge >= 0.3 is 0 Å². The molecule has 0 radical (unpaired) electrons. The molecule has 0 heterocycles. The van der Waals surface area contributed by atoms with Crippen molar-refractivity contribution in [3.8, 4) is 0 Å². The van der Waals surface area contributed by atoms with Crippen LogP contribution >= 0.6 is 0 Å². The van der Waals surface area contributed by atoms with Crippen molar-refractivity contribution in [2.75, 3.05) is 13.2 Å². The van der Waals surface area contributed by atoms with Gasteiger partial charge in [0.05, 0.1) is 12.7 Å². The highest BCUT2D eigenvalue weighted by atomic mass is 16.5. The summed E-state index contributed by atoms with van der Waals surface area (Å²) in [6, 6.07) is 1.05. The van der Waals surface area contributed by atoms with Crippen molar-refractivity contribution < 1.29 is 4.74 Å². The zero-order valence-electron chi connectivity index (χ0n) is 8.75. The first-order valence-electron chi connectivity index (χ1n) is 5.29. The summed E-state index contributed by atoms with van der Waals surface area (Å²) in [4.78, 5) is 0. The molecule has 3 heteroatoms. The van der Waals surface area contributed by atoms with E-state index in [0.717, 1.165) is 19.6 Å². The summed E-state index contributed by atoms with van der Waals surface area (Å²) in [5, 5.41) is 3.46. The quantitative estimate of drug-likeness (QED) is 0.627. The van der Waals surface area contributed by atoms with Crippen LogP contribution < -0.4 is 11.1 Å². The van der Waals surface area contributed by atoms with Crippen molar-refractivity contribution in [1.82, 2.24) is 5.32 Å². The van der Waals surface area contributed by atoms with Crippen molar-refractivity contribution in [1.29, 1.82) is 0 Å². The molecule has 1 aliphatic rings. The second-order valence-corrected chi connectivity index (χ2v) is 4.14. The number of ether oxygens (including phenoxy) is 1. The largest absolute Gasteiger partial charge is 0.377 e. The van der Waals surface area contributed by atoms with Gasteiger partial charge in [-0.2, -0.15) is 0 Å². The van der Waals surface area contributed by atoms with Crippen LogP contribution in [0.2, 0.25) is 0 Å². The zero-order valence-corrected chi connectivity index (χ0v) is 8.75. The van der Waals surface area contributed by atoms with Crippen LogP contribution in [-0.2, 0) is 4.74 Å². The van der Waals surface area contributed by atoms with Crippen LogP contribution in [0.1, 0.15) is 33.1 Å². The van der Waals surface area contributed by atoms with E-state index in [9.17, 15) is 0 Å². The summed E-state index contributed by atoms with van der Waals surface area (Å²) in [6.07, 6.45) is 3.86. The molecule has 0 aliphatic heterocycles. The molecule has 2 unspecified atom stereocenters. The minimum atomic E-state index is 0.340. The van der Waals surface area contributed by atoms with E-state index >= 15 is 0 Å². The molecule has 0 aromatic rings. The molecule has 0 spiro atoms. The molecule has 78 valence electrons. The third kappa shape index (κ3) is 4.60. The average Bonchev–Trinajstić information content (AvgIpc) is 2.45. The molecule has 1 rings (SSSR count). The van der Waals surface area contributed by atoms with Gasteiger partial charge in [0, 0.05) is 18.6 Å². The minimum Gasteiger partial charge on any atom is -0.377 e. The topological polar surface area (TPSA) is 47.3 Å². The van der Waals surface area contributed by atoms with E-state index in [0.29, 0.717) is 18.2 Å². The highest BCUT2D eigenvalue weighted by Crippen LogP contribution is 2.16. The third-order valence-electron chi connectivity index (χ3n) is 2.46. The van der Waals surface area contributed by atoms with Gasteiger partial charge < -0.3 is 15.8 Å². The molecule has 13 heavy (non-hydrogen) atoms. The van der Waals surface area contributed by atoms with Gasteiger partial charge in [0.2, 0.25) is 0 Å². The van der Waals surface area contributed by atoms with Crippen LogP contribution in [-0.4, -0.2) is 31.3 Å². The fraction of sp³-hybridized carbons (Fsp3) is 1.00. The second kappa shape index (κ2) is 5.58. The van der Waals surface area contributed by atoms with Gasteiger partial charge in [0.25, 0.3) is 0 Å². The highest BCUT2D eigenvalue weighted by molar-refractivity contribution is 4.82. The second-order valence-electron chi connectivity index (χ2n) is 4.14. The van der Waals surface area contributed by atoms with E-state index < -0.39 is 0 Å². The first-order valence-corrected chi connectivity index (χ1v) is 5.29. The summed E-state index contributed by atoms with van der Waals surface area (Å²) >= 11 is 0. The Kier molecular flexibility index (Phi) is 4.70. The van der Waals surface area contributed by atoms with E-state index in [1.165, 1.54) is 12.8 Å². The monoisotopic (exact) mass is 186 g/mol. The minimum absolute atomic E-state index is 0.340. The molecule has 0 aromatic carbocycles. The van der Waals surface area contributed by atoms with Crippen molar-refractivity contribution in [2.45, 2.75) is 51.3 Å². The van der Waals surface area contributed by atoms with E-state index in [1.807, 2.05) is 0 Å². The van der Waals surface area contributed by atoms with Crippen LogP contribution in [0.5, 0.6) is 0 Å². The summed E-state index contributed by atoms with van der Waals surface area (Å²) < 4.78 is 5.43. The number of hydrogen-bond acceptors (Lipinski definition) is 3. The molecular formula is C10H22N2O. The van der Waals surface area contributed by atoms with Crippen LogP contribution in [0, 0.1) is 0 Å². The lowest BCUT2D eigenvalue weighted by atomic mass is 10.2. The van der Waals surface area contributed by atoms with Crippen LogP contribution in [0.15, 0.2) is 0 Å². The Hall–Kier alpha value is -0.120. The number of nitrogens with one attached hydrogen (secondary N) is 1. The lowest BCUT2D eigenvalue weighted by Crippen LogP contribution is -2.31. The summed E-state index contributed by atoms with van der Waals surface area (Å²) in [6.45, 7) is 5.88. The van der Waals surface area contributed by atoms with Gasteiger partial charge in [0.15, 0.2) is 0 Å². The SMILES string of the molecule is CC(C)OCCNC1CCC(N)C1. The molecule has 0 amide bonds. The molecule has 0 aromatic heterocycles. The zero-order chi connectivity index (χ0) is 9.68. The summed E-state index contributed by atoms with van der Waals surface area (Å²) in [5.41, 5.74) is 5.81. The van der Waals surface area contributed by atoms with E-state index in [-0.39, 0.29) is 0 Å². The maximum absolute atomic E-state index is 5.81. The highest BCUT2D eigenvalue weighted by Gasteiger charge is 2.20. The van der Waals surface area contributed by atoms with Gasteiger partial charge in [-0.1, -0.05) is 0 Å². The fourth-order valence-electron chi connectivity index (χ4n) is 1.76. The Balaban J connectivity index is 1.94. The Morgan fingerprint density at radius 1 is 1.46 bits per heavy atom. The molecule has 1 fully saturated rings. The van der Waals surface area contributed by atoms with Crippen molar-refractivity contribution in [2.24, 2.45) is 5.73 Å². The Morgan fingerprint density at radius 2 is 2.23 bits per heavy atom. The lowest BCUT2D eigenvalue weighted by Gasteiger charge is -2.13. The molecule has 0 saturated heterocycles. The van der Waals surface area contributed by atoms with E-state index in [2.05, 4.69) is 19.2 Å². The maximum Gasteiger partial charge on any atom is 0.0594 e. The predicted octanol–water partition coefficient (Wildman–Crippen LogP) is 0.881. The van der Waals surface area contributed by atoms with E-state index in [4.69, 9.17) is 10.5 Å². The molecule has 0 bridgehead atoms. The first-order chi connectivity index (χ1) is 6.18. The van der Waals surface area contributed by atoms with Gasteiger partial charge in [-0.3, -0.25) is 0 Å². The standard InChI is InChI=1S/C10H22N2O/c1-8(2)13-6-5-12-10-4-3-9(11)7-10/h8-10,12H,3-7,11H2,1-2H3. The molecule has 3 N–H and O–H groups in total. The number of rotatable bonds is 5. The van der Waals surface area contributed by atoms with Gasteiger partial charge in [0.1, 0.15) is 0 Å². The van der Waals surface area contributed by atoms with Crippen molar-refractivity contribution in [3.63, 3.8) is 0 Å². The van der Waals surface area contributed by atoms with Gasteiger partial charge in [-0.05, 0) is 33.1 Å². The number of nitrogens with two attached hydrogens (primary N) is 1. The predicted molar refractivity (Wildman–Crippen MR) is 54.7 cm³/mol. The summed E-state index contributed by atoms with van der Waals surface area (Å²) in [7, 11) is 0. The van der Waals surface area contributed by atoms with Crippen LogP contribution in [0.25, 0.3) is 0 Å². The Morgan fingerprint density at radius 3 is 2.77 bits per heavy atom. The average molecular weight is 186 g/mol. The maximum atomic E-state index is 5.81. The fourth-order valence-corrected chi connectivity index (χ4v) is 1.76. The number of hydrogen-bond donors (Lipinski definition) is 2. The van der Waals surface area contributed by atoms with Gasteiger partial charge in [-0.25, -0.2) is 0 Å². The van der Waals surface area contributed by atoms with Crippen LogP contribution in [0.4, 0.5) is 0 Å². The molecule has 1 aliphatic carbocycles. The van der Waals surface area contributed by atoms with Crippen molar-refractivity contribution >= 4 is 0 Å². The molecule has 2 atom stereocenters. The van der Waals surface area contributed by atoms with Crippen LogP contribution in [0.3, 0.4) is 0 Å². The van der Waals surface area contributed by atoms with E-state index in [1.54, 1.807) is 0 Å². The Bertz CT molecular complexity index is 139. The first kappa shape index (κ1) is 11.0. The Labute approximate surface area is 81.0 Å². The smallest absolute Gasteiger partial charge is 0.0594 e. The molecular weight excluding hydrogens is 164 g/mol. The van der Waals surface area contributed by atoms with Crippen molar-refractivity contribution in [3.05, 3.63) is 0 Å². The third-order valence-corrected chi connectivity index (χ3v) is 2.46. The lowest BCUT2D eigenvalue weighted by molar-refractivity contribution is 0.0794. The normalized spacial score (nSPS) is 28.6. The van der Waals surface area contributed by atoms with Gasteiger partial charge in [-0.15, -0.1) is 0 Å². The summed E-state index contributed by atoms with van der Waals surface area (Å²) in [5.74, 6) is 0. The molecule has 3 nitrogen and oxygen atoms in total. The molecule has 1 saturated carbocycles.